The van der Waals surface area contributed by atoms with Crippen LogP contribution in [0.2, 0.25) is 18.1 Å². The van der Waals surface area contributed by atoms with Gasteiger partial charge in [-0.05, 0) is 22.4 Å². The van der Waals surface area contributed by atoms with Crippen molar-refractivity contribution in [1.29, 1.82) is 0 Å². The molecule has 0 aliphatic heterocycles. The molecule has 3 nitrogen and oxygen atoms in total. The molecule has 1 aromatic carbocycles. The quantitative estimate of drug-likeness (QED) is 0.676. The van der Waals surface area contributed by atoms with Crippen LogP contribution in [-0.4, -0.2) is 26.6 Å². The van der Waals surface area contributed by atoms with Crippen LogP contribution in [0.15, 0.2) is 12.1 Å². The van der Waals surface area contributed by atoms with Crippen LogP contribution in [0.3, 0.4) is 0 Å². The van der Waals surface area contributed by atoms with Gasteiger partial charge in [0, 0.05) is 5.56 Å². The van der Waals surface area contributed by atoms with E-state index in [0.29, 0.717) is 11.3 Å². The van der Waals surface area contributed by atoms with Gasteiger partial charge in [-0.15, -0.1) is 0 Å². The fraction of sp³-hybridized carbons (Fsp3) is 0.500. The predicted octanol–water partition coefficient (Wildman–Crippen LogP) is 2.93. The second-order valence-corrected chi connectivity index (χ2v) is 11.3. The Labute approximate surface area is 110 Å². The Bertz CT molecular complexity index is 459. The maximum absolute atomic E-state index is 11.2. The third-order valence-corrected chi connectivity index (χ3v) is 9.55. The van der Waals surface area contributed by atoms with Crippen molar-refractivity contribution >= 4 is 19.5 Å². The topological polar surface area (TPSA) is 46.5 Å². The van der Waals surface area contributed by atoms with Gasteiger partial charge in [-0.1, -0.05) is 33.9 Å². The van der Waals surface area contributed by atoms with Crippen LogP contribution in [0.25, 0.3) is 0 Å². The standard InChI is InChI=1S/C14H22O3Si/c1-14(2,3)18(5,6)13-10(9-15)7-8-11(17-4)12(13)16/h7-9,16H,1-6H3. The van der Waals surface area contributed by atoms with Gasteiger partial charge in [-0.2, -0.15) is 0 Å². The highest BCUT2D eigenvalue weighted by Crippen LogP contribution is 2.39. The lowest BCUT2D eigenvalue weighted by Gasteiger charge is -2.38. The van der Waals surface area contributed by atoms with E-state index in [-0.39, 0.29) is 10.8 Å². The SMILES string of the molecule is COc1ccc(C=O)c([Si](C)(C)C(C)(C)C)c1O. The molecule has 0 bridgehead atoms. The number of aromatic hydroxyl groups is 1. The normalized spacial score (nSPS) is 12.3. The molecule has 0 aromatic heterocycles. The Balaban J connectivity index is 3.61. The van der Waals surface area contributed by atoms with E-state index in [2.05, 4.69) is 33.9 Å². The van der Waals surface area contributed by atoms with Crippen molar-refractivity contribution in [2.45, 2.75) is 38.9 Å². The first-order valence-corrected chi connectivity index (χ1v) is 9.02. The molecular weight excluding hydrogens is 244 g/mol. The molecule has 0 saturated carbocycles. The minimum atomic E-state index is -2.00. The molecule has 1 aromatic rings. The summed E-state index contributed by atoms with van der Waals surface area (Å²) >= 11 is 0. The van der Waals surface area contributed by atoms with Gasteiger partial charge in [0.05, 0.1) is 15.2 Å². The van der Waals surface area contributed by atoms with Gasteiger partial charge in [0.1, 0.15) is 6.29 Å². The van der Waals surface area contributed by atoms with Gasteiger partial charge in [0.15, 0.2) is 11.5 Å². The number of aldehydes is 1. The maximum Gasteiger partial charge on any atom is 0.160 e. The minimum Gasteiger partial charge on any atom is -0.504 e. The lowest BCUT2D eigenvalue weighted by atomic mass is 10.2. The van der Waals surface area contributed by atoms with Crippen molar-refractivity contribution in [1.82, 2.24) is 0 Å². The fourth-order valence-electron chi connectivity index (χ4n) is 1.88. The van der Waals surface area contributed by atoms with E-state index in [9.17, 15) is 9.90 Å². The van der Waals surface area contributed by atoms with Gasteiger partial charge >= 0.3 is 0 Å². The fourth-order valence-corrected chi connectivity index (χ4v) is 4.21. The van der Waals surface area contributed by atoms with Crippen LogP contribution in [0.4, 0.5) is 0 Å². The highest BCUT2D eigenvalue weighted by atomic mass is 28.3. The summed E-state index contributed by atoms with van der Waals surface area (Å²) in [6, 6.07) is 3.36. The van der Waals surface area contributed by atoms with E-state index in [1.165, 1.54) is 7.11 Å². The third kappa shape index (κ3) is 2.29. The van der Waals surface area contributed by atoms with Crippen molar-refractivity contribution in [2.24, 2.45) is 0 Å². The molecule has 1 rings (SSSR count). The van der Waals surface area contributed by atoms with Crippen LogP contribution in [0.5, 0.6) is 11.5 Å². The highest BCUT2D eigenvalue weighted by molar-refractivity contribution is 6.93. The van der Waals surface area contributed by atoms with E-state index in [0.717, 1.165) is 11.5 Å². The lowest BCUT2D eigenvalue weighted by molar-refractivity contribution is 0.112. The summed E-state index contributed by atoms with van der Waals surface area (Å²) in [6.07, 6.45) is 0.814. The summed E-state index contributed by atoms with van der Waals surface area (Å²) in [5.41, 5.74) is 0.569. The van der Waals surface area contributed by atoms with Crippen LogP contribution in [0, 0.1) is 0 Å². The molecule has 0 aliphatic rings. The Morgan fingerprint density at radius 2 is 1.83 bits per heavy atom. The Morgan fingerprint density at radius 1 is 1.28 bits per heavy atom. The first kappa shape index (κ1) is 14.8. The molecule has 0 unspecified atom stereocenters. The number of rotatable bonds is 3. The van der Waals surface area contributed by atoms with E-state index in [1.807, 2.05) is 0 Å². The number of methoxy groups -OCH3 is 1. The first-order chi connectivity index (χ1) is 8.16. The van der Waals surface area contributed by atoms with Crippen molar-refractivity contribution in [3.63, 3.8) is 0 Å². The molecule has 0 atom stereocenters. The van der Waals surface area contributed by atoms with Gasteiger partial charge < -0.3 is 9.84 Å². The zero-order valence-corrected chi connectivity index (χ0v) is 13.0. The second-order valence-electron chi connectivity index (χ2n) is 6.07. The number of hydrogen-bond donors (Lipinski definition) is 1. The molecule has 0 spiro atoms. The number of carbonyl (C=O) groups excluding carboxylic acids is 1. The van der Waals surface area contributed by atoms with Crippen molar-refractivity contribution in [3.8, 4) is 11.5 Å². The van der Waals surface area contributed by atoms with E-state index >= 15 is 0 Å². The van der Waals surface area contributed by atoms with Gasteiger partial charge in [-0.3, -0.25) is 4.79 Å². The largest absolute Gasteiger partial charge is 0.504 e. The number of benzene rings is 1. The molecule has 0 fully saturated rings. The minimum absolute atomic E-state index is 0.0363. The number of ether oxygens (including phenoxy) is 1. The number of carbonyl (C=O) groups is 1. The van der Waals surface area contributed by atoms with E-state index in [4.69, 9.17) is 4.74 Å². The summed E-state index contributed by atoms with van der Waals surface area (Å²) in [6.45, 7) is 10.8. The Morgan fingerprint density at radius 3 is 2.22 bits per heavy atom. The molecule has 0 heterocycles. The molecule has 0 aliphatic carbocycles. The van der Waals surface area contributed by atoms with E-state index < -0.39 is 8.07 Å². The monoisotopic (exact) mass is 266 g/mol. The summed E-state index contributed by atoms with van der Waals surface area (Å²) in [5, 5.41) is 11.2. The van der Waals surface area contributed by atoms with Crippen molar-refractivity contribution in [2.75, 3.05) is 7.11 Å². The highest BCUT2D eigenvalue weighted by Gasteiger charge is 2.41. The van der Waals surface area contributed by atoms with Crippen LogP contribution >= 0.6 is 0 Å². The van der Waals surface area contributed by atoms with Crippen LogP contribution in [-0.2, 0) is 0 Å². The van der Waals surface area contributed by atoms with Gasteiger partial charge in [0.25, 0.3) is 0 Å². The Hall–Kier alpha value is -1.29. The summed E-state index contributed by atoms with van der Waals surface area (Å²) in [7, 11) is -0.481. The molecule has 0 amide bonds. The number of phenols is 1. The molecule has 0 saturated heterocycles. The second kappa shape index (κ2) is 4.76. The van der Waals surface area contributed by atoms with Crippen LogP contribution < -0.4 is 9.92 Å². The molecule has 4 heteroatoms. The average Bonchev–Trinajstić information content (AvgIpc) is 2.26. The number of hydrogen-bond acceptors (Lipinski definition) is 3. The lowest BCUT2D eigenvalue weighted by Crippen LogP contribution is -2.51. The zero-order valence-electron chi connectivity index (χ0n) is 12.0. The smallest absolute Gasteiger partial charge is 0.160 e. The maximum atomic E-state index is 11.2. The van der Waals surface area contributed by atoms with Gasteiger partial charge in [-0.25, -0.2) is 0 Å². The van der Waals surface area contributed by atoms with Gasteiger partial charge in [0.2, 0.25) is 0 Å². The summed E-state index contributed by atoms with van der Waals surface area (Å²) < 4.78 is 5.15. The Kier molecular flexibility index (Phi) is 3.91. The molecular formula is C14H22O3Si. The molecule has 100 valence electrons. The molecule has 18 heavy (non-hydrogen) atoms. The predicted molar refractivity (Wildman–Crippen MR) is 76.9 cm³/mol. The van der Waals surface area contributed by atoms with Crippen LogP contribution in [0.1, 0.15) is 31.1 Å². The molecule has 0 radical (unpaired) electrons. The number of phenolic OH excluding ortho intramolecular Hbond substituents is 1. The van der Waals surface area contributed by atoms with Crippen molar-refractivity contribution < 1.29 is 14.6 Å². The molecule has 1 N–H and O–H groups in total. The van der Waals surface area contributed by atoms with Crippen molar-refractivity contribution in [3.05, 3.63) is 17.7 Å². The third-order valence-electron chi connectivity index (χ3n) is 4.02. The first-order valence-electron chi connectivity index (χ1n) is 6.02. The zero-order chi connectivity index (χ0) is 14.1. The summed E-state index contributed by atoms with van der Waals surface area (Å²) in [4.78, 5) is 11.2. The summed E-state index contributed by atoms with van der Waals surface area (Å²) in [5.74, 6) is 0.550. The van der Waals surface area contributed by atoms with E-state index in [1.54, 1.807) is 12.1 Å². The average molecular weight is 266 g/mol.